The van der Waals surface area contributed by atoms with Crippen LogP contribution < -0.4 is 10.2 Å². The molecule has 0 aliphatic carbocycles. The summed E-state index contributed by atoms with van der Waals surface area (Å²) in [6.07, 6.45) is 5.85. The first-order chi connectivity index (χ1) is 12.2. The smallest absolute Gasteiger partial charge is 0.223 e. The summed E-state index contributed by atoms with van der Waals surface area (Å²) in [5.41, 5.74) is 1.69. The number of likely N-dealkylation sites (tertiary alicyclic amines) is 1. The van der Waals surface area contributed by atoms with Crippen molar-refractivity contribution >= 4 is 5.65 Å². The number of aromatic amines is 1. The Hall–Kier alpha value is -2.67. The molecule has 3 aromatic rings. The van der Waals surface area contributed by atoms with Crippen LogP contribution in [0.15, 0.2) is 41.5 Å². The summed E-state index contributed by atoms with van der Waals surface area (Å²) in [5, 5.41) is 8.68. The Morgan fingerprint density at radius 1 is 1.36 bits per heavy atom. The highest BCUT2D eigenvalue weighted by atomic mass is 16.5. The number of pyridine rings is 2. The normalized spacial score (nSPS) is 18.5. The van der Waals surface area contributed by atoms with E-state index in [0.717, 1.165) is 43.1 Å². The van der Waals surface area contributed by atoms with Gasteiger partial charge in [0.25, 0.3) is 0 Å². The van der Waals surface area contributed by atoms with Crippen molar-refractivity contribution in [3.05, 3.63) is 58.4 Å². The minimum Gasteiger partial charge on any atom is -0.491 e. The van der Waals surface area contributed by atoms with E-state index in [0.29, 0.717) is 18.2 Å². The highest BCUT2D eigenvalue weighted by molar-refractivity contribution is 5.37. The number of rotatable bonds is 4. The van der Waals surface area contributed by atoms with Crippen LogP contribution >= 0.6 is 0 Å². The second kappa shape index (κ2) is 6.68. The maximum Gasteiger partial charge on any atom is 0.223 e. The van der Waals surface area contributed by atoms with Crippen molar-refractivity contribution < 1.29 is 4.74 Å². The summed E-state index contributed by atoms with van der Waals surface area (Å²) in [4.78, 5) is 17.4. The molecule has 3 aromatic heterocycles. The van der Waals surface area contributed by atoms with Crippen molar-refractivity contribution in [1.29, 1.82) is 0 Å². The molecule has 1 fully saturated rings. The van der Waals surface area contributed by atoms with E-state index in [9.17, 15) is 4.79 Å². The third-order valence-electron chi connectivity index (χ3n) is 4.76. The molecule has 0 saturated carbocycles. The van der Waals surface area contributed by atoms with Gasteiger partial charge in [-0.25, -0.2) is 0 Å². The Morgan fingerprint density at radius 2 is 2.28 bits per heavy atom. The molecule has 7 heteroatoms. The second-order valence-electron chi connectivity index (χ2n) is 6.45. The molecule has 1 N–H and O–H groups in total. The zero-order valence-corrected chi connectivity index (χ0v) is 14.2. The molecular weight excluding hydrogens is 318 g/mol. The van der Waals surface area contributed by atoms with E-state index in [1.165, 1.54) is 7.11 Å². The molecule has 1 aliphatic heterocycles. The number of nitrogens with one attached hydrogen (secondary N) is 1. The van der Waals surface area contributed by atoms with Crippen LogP contribution in [0.3, 0.4) is 0 Å². The van der Waals surface area contributed by atoms with Gasteiger partial charge in [0.1, 0.15) is 5.82 Å². The van der Waals surface area contributed by atoms with E-state index in [-0.39, 0.29) is 5.43 Å². The largest absolute Gasteiger partial charge is 0.491 e. The van der Waals surface area contributed by atoms with Crippen molar-refractivity contribution in [3.63, 3.8) is 0 Å². The summed E-state index contributed by atoms with van der Waals surface area (Å²) < 4.78 is 7.09. The third kappa shape index (κ3) is 3.15. The number of aromatic nitrogens is 4. The van der Waals surface area contributed by atoms with Gasteiger partial charge in [0.15, 0.2) is 11.4 Å². The molecule has 0 unspecified atom stereocenters. The van der Waals surface area contributed by atoms with E-state index < -0.39 is 0 Å². The predicted octanol–water partition coefficient (Wildman–Crippen LogP) is 1.81. The van der Waals surface area contributed by atoms with Crippen molar-refractivity contribution in [3.8, 4) is 5.75 Å². The molecule has 0 bridgehead atoms. The van der Waals surface area contributed by atoms with Gasteiger partial charge >= 0.3 is 0 Å². The SMILES string of the molecule is COc1c[nH]c(CN2CCC[C@@H](c3nnc4ccccn34)C2)cc1=O. The number of piperidine rings is 1. The van der Waals surface area contributed by atoms with Gasteiger partial charge in [0.2, 0.25) is 5.43 Å². The Bertz CT molecular complexity index is 932. The molecule has 0 amide bonds. The molecule has 1 atom stereocenters. The van der Waals surface area contributed by atoms with E-state index in [2.05, 4.69) is 24.5 Å². The summed E-state index contributed by atoms with van der Waals surface area (Å²) in [7, 11) is 1.50. The van der Waals surface area contributed by atoms with Crippen molar-refractivity contribution in [1.82, 2.24) is 24.5 Å². The first-order valence-electron chi connectivity index (χ1n) is 8.52. The fraction of sp³-hybridized carbons (Fsp3) is 0.389. The summed E-state index contributed by atoms with van der Waals surface area (Å²) in [6, 6.07) is 7.57. The van der Waals surface area contributed by atoms with Crippen molar-refractivity contribution in [2.24, 2.45) is 0 Å². The lowest BCUT2D eigenvalue weighted by Crippen LogP contribution is -2.35. The Kier molecular flexibility index (Phi) is 4.23. The molecule has 1 saturated heterocycles. The second-order valence-corrected chi connectivity index (χ2v) is 6.45. The summed E-state index contributed by atoms with van der Waals surface area (Å²) in [6.45, 7) is 2.64. The summed E-state index contributed by atoms with van der Waals surface area (Å²) >= 11 is 0. The number of methoxy groups -OCH3 is 1. The van der Waals surface area contributed by atoms with Gasteiger partial charge in [-0.15, -0.1) is 10.2 Å². The van der Waals surface area contributed by atoms with Gasteiger partial charge < -0.3 is 9.72 Å². The van der Waals surface area contributed by atoms with E-state index in [4.69, 9.17) is 4.74 Å². The average Bonchev–Trinajstić information content (AvgIpc) is 3.06. The number of H-pyrrole nitrogens is 1. The predicted molar refractivity (Wildman–Crippen MR) is 93.9 cm³/mol. The van der Waals surface area contributed by atoms with Crippen LogP contribution in [0, 0.1) is 0 Å². The lowest BCUT2D eigenvalue weighted by molar-refractivity contribution is 0.194. The van der Waals surface area contributed by atoms with Gasteiger partial charge in [0.05, 0.1) is 7.11 Å². The molecule has 130 valence electrons. The topological polar surface area (TPSA) is 75.5 Å². The first kappa shape index (κ1) is 15.8. The first-order valence-corrected chi connectivity index (χ1v) is 8.52. The Labute approximate surface area is 145 Å². The maximum atomic E-state index is 11.9. The standard InChI is InChI=1S/C18H21N5O2/c1-25-16-10-19-14(9-15(16)24)12-22-7-4-5-13(11-22)18-21-20-17-6-2-3-8-23(17)18/h2-3,6,8-10,13H,4-5,7,11-12H2,1H3,(H,19,24)/t13-/m1/s1. The minimum absolute atomic E-state index is 0.0896. The average molecular weight is 339 g/mol. The van der Waals surface area contributed by atoms with Crippen LogP contribution in [-0.4, -0.2) is 44.7 Å². The van der Waals surface area contributed by atoms with Gasteiger partial charge in [-0.05, 0) is 31.5 Å². The fourth-order valence-corrected chi connectivity index (χ4v) is 3.54. The molecule has 4 rings (SSSR count). The Balaban J connectivity index is 1.51. The lowest BCUT2D eigenvalue weighted by atomic mass is 9.97. The minimum atomic E-state index is -0.0896. The van der Waals surface area contributed by atoms with E-state index in [1.54, 1.807) is 12.3 Å². The number of fused-ring (bicyclic) bond motifs is 1. The molecule has 0 aromatic carbocycles. The molecule has 7 nitrogen and oxygen atoms in total. The molecule has 0 radical (unpaired) electrons. The Morgan fingerprint density at radius 3 is 3.12 bits per heavy atom. The lowest BCUT2D eigenvalue weighted by Gasteiger charge is -2.31. The van der Waals surface area contributed by atoms with Crippen molar-refractivity contribution in [2.45, 2.75) is 25.3 Å². The molecule has 1 aliphatic rings. The van der Waals surface area contributed by atoms with Crippen LogP contribution in [0.1, 0.15) is 30.3 Å². The maximum absolute atomic E-state index is 11.9. The van der Waals surface area contributed by atoms with Crippen LogP contribution in [-0.2, 0) is 6.54 Å². The zero-order valence-electron chi connectivity index (χ0n) is 14.2. The van der Waals surface area contributed by atoms with Gasteiger partial charge in [-0.3, -0.25) is 14.1 Å². The fourth-order valence-electron chi connectivity index (χ4n) is 3.54. The van der Waals surface area contributed by atoms with Crippen LogP contribution in [0.25, 0.3) is 5.65 Å². The molecule has 4 heterocycles. The van der Waals surface area contributed by atoms with Crippen LogP contribution in [0.2, 0.25) is 0 Å². The van der Waals surface area contributed by atoms with Gasteiger partial charge in [0, 0.05) is 43.2 Å². The molecule has 25 heavy (non-hydrogen) atoms. The highest BCUT2D eigenvalue weighted by Gasteiger charge is 2.25. The van der Waals surface area contributed by atoms with Crippen LogP contribution in [0.4, 0.5) is 0 Å². The number of ether oxygens (including phenoxy) is 1. The number of hydrogen-bond acceptors (Lipinski definition) is 5. The van der Waals surface area contributed by atoms with Crippen molar-refractivity contribution in [2.75, 3.05) is 20.2 Å². The van der Waals surface area contributed by atoms with Crippen LogP contribution in [0.5, 0.6) is 5.75 Å². The van der Waals surface area contributed by atoms with E-state index >= 15 is 0 Å². The molecular formula is C18H21N5O2. The van der Waals surface area contributed by atoms with E-state index in [1.807, 2.05) is 24.4 Å². The summed E-state index contributed by atoms with van der Waals surface area (Å²) in [5.74, 6) is 1.70. The molecule has 0 spiro atoms. The number of hydrogen-bond donors (Lipinski definition) is 1. The highest BCUT2D eigenvalue weighted by Crippen LogP contribution is 2.26. The van der Waals surface area contributed by atoms with Gasteiger partial charge in [-0.1, -0.05) is 6.07 Å². The van der Waals surface area contributed by atoms with Gasteiger partial charge in [-0.2, -0.15) is 0 Å². The monoisotopic (exact) mass is 339 g/mol. The third-order valence-corrected chi connectivity index (χ3v) is 4.76. The zero-order chi connectivity index (χ0) is 17.2. The number of nitrogens with zero attached hydrogens (tertiary/aromatic N) is 4. The quantitative estimate of drug-likeness (QED) is 0.784.